The maximum atomic E-state index is 12.5. The van der Waals surface area contributed by atoms with Crippen LogP contribution in [0.1, 0.15) is 45.2 Å². The Hall–Kier alpha value is -3.15. The Morgan fingerprint density at radius 1 is 0.839 bits per heavy atom. The third-order valence-electron chi connectivity index (χ3n) is 4.69. The van der Waals surface area contributed by atoms with Gasteiger partial charge in [-0.25, -0.2) is 0 Å². The third kappa shape index (κ3) is 6.67. The van der Waals surface area contributed by atoms with E-state index in [9.17, 15) is 9.59 Å². The van der Waals surface area contributed by atoms with Crippen molar-refractivity contribution in [1.82, 2.24) is 10.6 Å². The number of carbonyl (C=O) groups is 2. The Bertz CT molecular complexity index is 1050. The van der Waals surface area contributed by atoms with Gasteiger partial charge in [0.2, 0.25) is 0 Å². The normalized spacial score (nSPS) is 10.5. The molecule has 0 heterocycles. The quantitative estimate of drug-likeness (QED) is 0.442. The number of nitrogens with one attached hydrogen (secondary N) is 3. The van der Waals surface area contributed by atoms with Crippen LogP contribution in [-0.4, -0.2) is 18.4 Å². The monoisotopic (exact) mass is 435 g/mol. The van der Waals surface area contributed by atoms with Crippen LogP contribution >= 0.6 is 11.6 Å². The number of halogens is 1. The molecule has 3 N–H and O–H groups in total. The standard InChI is InChI=1S/C25H26ClN3O2/c1-2-13-28-24(30)20-9-5-7-18(14-20)16-27-17-19-8-6-10-21(15-19)29-25(31)22-11-3-4-12-23(22)26/h3-12,14-15,27H,2,13,16-17H2,1H3,(H,28,30)(H,29,31). The lowest BCUT2D eigenvalue weighted by Crippen LogP contribution is -2.24. The number of hydrogen-bond donors (Lipinski definition) is 3. The molecule has 0 aliphatic carbocycles. The first-order valence-electron chi connectivity index (χ1n) is 10.3. The summed E-state index contributed by atoms with van der Waals surface area (Å²) in [7, 11) is 0. The predicted molar refractivity (Wildman–Crippen MR) is 125 cm³/mol. The molecule has 160 valence electrons. The van der Waals surface area contributed by atoms with Crippen LogP contribution in [0.25, 0.3) is 0 Å². The van der Waals surface area contributed by atoms with Gasteiger partial charge < -0.3 is 16.0 Å². The first-order valence-corrected chi connectivity index (χ1v) is 10.7. The molecule has 3 rings (SSSR count). The number of benzene rings is 3. The summed E-state index contributed by atoms with van der Waals surface area (Å²) in [5.41, 5.74) is 3.88. The van der Waals surface area contributed by atoms with Crippen LogP contribution in [0.15, 0.2) is 72.8 Å². The van der Waals surface area contributed by atoms with Crippen molar-refractivity contribution in [3.05, 3.63) is 100 Å². The second kappa shape index (κ2) is 11.3. The maximum Gasteiger partial charge on any atom is 0.257 e. The number of hydrogen-bond acceptors (Lipinski definition) is 3. The van der Waals surface area contributed by atoms with E-state index in [1.165, 1.54) is 0 Å². The molecule has 31 heavy (non-hydrogen) atoms. The van der Waals surface area contributed by atoms with Gasteiger partial charge in [-0.2, -0.15) is 0 Å². The molecule has 0 spiro atoms. The van der Waals surface area contributed by atoms with Crippen LogP contribution in [0.4, 0.5) is 5.69 Å². The molecule has 0 atom stereocenters. The topological polar surface area (TPSA) is 70.2 Å². The van der Waals surface area contributed by atoms with Crippen LogP contribution in [0, 0.1) is 0 Å². The molecule has 0 fully saturated rings. The van der Waals surface area contributed by atoms with E-state index >= 15 is 0 Å². The smallest absolute Gasteiger partial charge is 0.257 e. The van der Waals surface area contributed by atoms with Gasteiger partial charge in [0.1, 0.15) is 0 Å². The summed E-state index contributed by atoms with van der Waals surface area (Å²) in [5.74, 6) is -0.292. The van der Waals surface area contributed by atoms with Crippen molar-refractivity contribution in [2.75, 3.05) is 11.9 Å². The predicted octanol–water partition coefficient (Wildman–Crippen LogP) is 5.02. The maximum absolute atomic E-state index is 12.5. The number of carbonyl (C=O) groups excluding carboxylic acids is 2. The van der Waals surface area contributed by atoms with E-state index in [0.717, 1.165) is 17.5 Å². The Balaban J connectivity index is 1.55. The van der Waals surface area contributed by atoms with Crippen molar-refractivity contribution in [3.8, 4) is 0 Å². The molecule has 0 aliphatic rings. The zero-order valence-electron chi connectivity index (χ0n) is 17.5. The summed E-state index contributed by atoms with van der Waals surface area (Å²) >= 11 is 6.10. The molecule has 2 amide bonds. The van der Waals surface area contributed by atoms with E-state index < -0.39 is 0 Å². The van der Waals surface area contributed by atoms with Crippen molar-refractivity contribution in [3.63, 3.8) is 0 Å². The fraction of sp³-hybridized carbons (Fsp3) is 0.200. The van der Waals surface area contributed by atoms with E-state index in [1.54, 1.807) is 24.3 Å². The Morgan fingerprint density at radius 3 is 2.29 bits per heavy atom. The SMILES string of the molecule is CCCNC(=O)c1cccc(CNCc2cccc(NC(=O)c3ccccc3Cl)c2)c1. The lowest BCUT2D eigenvalue weighted by atomic mass is 10.1. The zero-order chi connectivity index (χ0) is 22.1. The van der Waals surface area contributed by atoms with Crippen molar-refractivity contribution < 1.29 is 9.59 Å². The Morgan fingerprint density at radius 2 is 1.55 bits per heavy atom. The van der Waals surface area contributed by atoms with Gasteiger partial charge in [0, 0.05) is 30.9 Å². The number of rotatable bonds is 9. The van der Waals surface area contributed by atoms with E-state index in [2.05, 4.69) is 16.0 Å². The molecular weight excluding hydrogens is 410 g/mol. The molecule has 0 bridgehead atoms. The lowest BCUT2D eigenvalue weighted by Gasteiger charge is -2.10. The van der Waals surface area contributed by atoms with Gasteiger partial charge in [-0.3, -0.25) is 9.59 Å². The second-order valence-corrected chi connectivity index (χ2v) is 7.60. The largest absolute Gasteiger partial charge is 0.352 e. The molecule has 0 unspecified atom stereocenters. The molecule has 0 saturated heterocycles. The zero-order valence-corrected chi connectivity index (χ0v) is 18.2. The minimum absolute atomic E-state index is 0.0503. The van der Waals surface area contributed by atoms with Crippen molar-refractivity contribution >= 4 is 29.1 Å². The van der Waals surface area contributed by atoms with E-state index in [0.29, 0.717) is 41.5 Å². The Labute approximate surface area is 187 Å². The van der Waals surface area contributed by atoms with Gasteiger partial charge in [0.25, 0.3) is 11.8 Å². The first kappa shape index (κ1) is 22.5. The second-order valence-electron chi connectivity index (χ2n) is 7.19. The molecule has 6 heteroatoms. The van der Waals surface area contributed by atoms with E-state index in [-0.39, 0.29) is 11.8 Å². The van der Waals surface area contributed by atoms with Crippen LogP contribution < -0.4 is 16.0 Å². The minimum Gasteiger partial charge on any atom is -0.352 e. The van der Waals surface area contributed by atoms with Gasteiger partial charge in [-0.15, -0.1) is 0 Å². The summed E-state index contributed by atoms with van der Waals surface area (Å²) in [6, 6.07) is 22.2. The van der Waals surface area contributed by atoms with Gasteiger partial charge in [0.05, 0.1) is 10.6 Å². The molecule has 0 radical (unpaired) electrons. The summed E-state index contributed by atoms with van der Waals surface area (Å²) in [6.45, 7) is 3.95. The molecular formula is C25H26ClN3O2. The minimum atomic E-state index is -0.242. The molecule has 3 aromatic rings. The van der Waals surface area contributed by atoms with Crippen molar-refractivity contribution in [2.24, 2.45) is 0 Å². The summed E-state index contributed by atoms with van der Waals surface area (Å²) < 4.78 is 0. The summed E-state index contributed by atoms with van der Waals surface area (Å²) in [6.07, 6.45) is 0.908. The summed E-state index contributed by atoms with van der Waals surface area (Å²) in [4.78, 5) is 24.6. The average molecular weight is 436 g/mol. The van der Waals surface area contributed by atoms with Crippen molar-refractivity contribution in [1.29, 1.82) is 0 Å². The van der Waals surface area contributed by atoms with Gasteiger partial charge in [0.15, 0.2) is 0 Å². The average Bonchev–Trinajstić information content (AvgIpc) is 2.78. The highest BCUT2D eigenvalue weighted by Gasteiger charge is 2.10. The lowest BCUT2D eigenvalue weighted by molar-refractivity contribution is 0.0952. The highest BCUT2D eigenvalue weighted by molar-refractivity contribution is 6.34. The van der Waals surface area contributed by atoms with E-state index in [4.69, 9.17) is 11.6 Å². The van der Waals surface area contributed by atoms with E-state index in [1.807, 2.05) is 55.5 Å². The highest BCUT2D eigenvalue weighted by Crippen LogP contribution is 2.18. The van der Waals surface area contributed by atoms with Gasteiger partial charge in [-0.05, 0) is 53.9 Å². The molecule has 0 saturated carbocycles. The number of anilines is 1. The van der Waals surface area contributed by atoms with Crippen LogP contribution in [0.5, 0.6) is 0 Å². The highest BCUT2D eigenvalue weighted by atomic mass is 35.5. The third-order valence-corrected chi connectivity index (χ3v) is 5.02. The summed E-state index contributed by atoms with van der Waals surface area (Å²) in [5, 5.41) is 9.58. The van der Waals surface area contributed by atoms with Gasteiger partial charge in [-0.1, -0.05) is 54.9 Å². The molecule has 0 aliphatic heterocycles. The fourth-order valence-corrected chi connectivity index (χ4v) is 3.34. The van der Waals surface area contributed by atoms with Crippen molar-refractivity contribution in [2.45, 2.75) is 26.4 Å². The molecule has 3 aromatic carbocycles. The number of amides is 2. The van der Waals surface area contributed by atoms with Gasteiger partial charge >= 0.3 is 0 Å². The molecule has 0 aromatic heterocycles. The fourth-order valence-electron chi connectivity index (χ4n) is 3.12. The van der Waals surface area contributed by atoms with Crippen LogP contribution in [-0.2, 0) is 13.1 Å². The Kier molecular flexibility index (Phi) is 8.21. The van der Waals surface area contributed by atoms with Crippen LogP contribution in [0.2, 0.25) is 5.02 Å². The first-order chi connectivity index (χ1) is 15.1. The van der Waals surface area contributed by atoms with Crippen LogP contribution in [0.3, 0.4) is 0 Å². The molecule has 5 nitrogen and oxygen atoms in total.